The van der Waals surface area contributed by atoms with Gasteiger partial charge in [0.05, 0.1) is 15.6 Å². The Bertz CT molecular complexity index is 940. The van der Waals surface area contributed by atoms with Crippen LogP contribution in [0, 0.1) is 0 Å². The van der Waals surface area contributed by atoms with Crippen molar-refractivity contribution in [1.29, 1.82) is 0 Å². The maximum absolute atomic E-state index is 13.0. The number of carbonyl (C=O) groups is 1. The summed E-state index contributed by atoms with van der Waals surface area (Å²) in [5.41, 5.74) is 2.47. The monoisotopic (exact) mass is 377 g/mol. The smallest absolute Gasteiger partial charge is 0.259 e. The second kappa shape index (κ2) is 7.25. The van der Waals surface area contributed by atoms with E-state index in [4.69, 9.17) is 23.2 Å². The lowest BCUT2D eigenvalue weighted by Crippen LogP contribution is -2.13. The molecule has 0 bridgehead atoms. The van der Waals surface area contributed by atoms with Crippen LogP contribution in [0.2, 0.25) is 10.0 Å². The third-order valence-electron chi connectivity index (χ3n) is 3.68. The van der Waals surface area contributed by atoms with E-state index in [0.29, 0.717) is 15.7 Å². The number of rotatable bonds is 4. The summed E-state index contributed by atoms with van der Waals surface area (Å²) in [6.07, 6.45) is 1.49. The molecule has 3 aromatic rings. The topological polar surface area (TPSA) is 46.9 Å². The highest BCUT2D eigenvalue weighted by Gasteiger charge is 2.17. The minimum atomic E-state index is -0.808. The molecule has 1 amide bonds. The van der Waals surface area contributed by atoms with Gasteiger partial charge in [0, 0.05) is 24.5 Å². The largest absolute Gasteiger partial charge is 0.321 e. The van der Waals surface area contributed by atoms with Gasteiger partial charge in [-0.2, -0.15) is 5.10 Å². The van der Waals surface area contributed by atoms with Crippen LogP contribution in [0.3, 0.4) is 0 Å². The van der Waals surface area contributed by atoms with E-state index < -0.39 is 12.6 Å². The van der Waals surface area contributed by atoms with Crippen LogP contribution < -0.4 is 5.32 Å². The number of alkyl halides is 1. The zero-order valence-electron chi connectivity index (χ0n) is 13.3. The van der Waals surface area contributed by atoms with Crippen LogP contribution in [0.5, 0.6) is 0 Å². The van der Waals surface area contributed by atoms with Crippen molar-refractivity contribution in [3.8, 4) is 11.1 Å². The number of hydrogen-bond donors (Lipinski definition) is 1. The van der Waals surface area contributed by atoms with E-state index in [9.17, 15) is 9.18 Å². The minimum absolute atomic E-state index is 0.104. The van der Waals surface area contributed by atoms with Crippen LogP contribution in [0.1, 0.15) is 16.1 Å². The Hall–Kier alpha value is -2.37. The first kappa shape index (κ1) is 17.5. The molecule has 4 nitrogen and oxygen atoms in total. The molecule has 7 heteroatoms. The highest BCUT2D eigenvalue weighted by atomic mass is 35.5. The standard InChI is InChI=1S/C18H14Cl2FN3O/c1-24-10-13(17(9-21)23-24)18(25)22-16-5-3-2-4-12(16)11-6-7-14(19)15(20)8-11/h2-8,10H,9H2,1H3,(H,22,25). The minimum Gasteiger partial charge on any atom is -0.321 e. The van der Waals surface area contributed by atoms with E-state index in [1.165, 1.54) is 10.9 Å². The van der Waals surface area contributed by atoms with Crippen molar-refractivity contribution in [3.05, 3.63) is 70.0 Å². The molecule has 0 unspecified atom stereocenters. The van der Waals surface area contributed by atoms with Crippen molar-refractivity contribution in [3.63, 3.8) is 0 Å². The molecule has 1 heterocycles. The molecule has 0 aliphatic rings. The summed E-state index contributed by atoms with van der Waals surface area (Å²) < 4.78 is 14.5. The van der Waals surface area contributed by atoms with Crippen LogP contribution in [-0.4, -0.2) is 15.7 Å². The van der Waals surface area contributed by atoms with Crippen molar-refractivity contribution in [2.24, 2.45) is 7.05 Å². The van der Waals surface area contributed by atoms with Gasteiger partial charge in [-0.25, -0.2) is 4.39 Å². The number of carbonyl (C=O) groups excluding carboxylic acids is 1. The van der Waals surface area contributed by atoms with Gasteiger partial charge in [0.2, 0.25) is 0 Å². The molecule has 2 aromatic carbocycles. The number of nitrogens with zero attached hydrogens (tertiary/aromatic N) is 2. The zero-order chi connectivity index (χ0) is 18.0. The SMILES string of the molecule is Cn1cc(C(=O)Nc2ccccc2-c2ccc(Cl)c(Cl)c2)c(CF)n1. The first-order valence-corrected chi connectivity index (χ1v) is 8.19. The normalized spacial score (nSPS) is 10.7. The highest BCUT2D eigenvalue weighted by Crippen LogP contribution is 2.33. The summed E-state index contributed by atoms with van der Waals surface area (Å²) in [5, 5.41) is 7.63. The Kier molecular flexibility index (Phi) is 5.06. The Morgan fingerprint density at radius 3 is 2.68 bits per heavy atom. The summed E-state index contributed by atoms with van der Waals surface area (Å²) in [7, 11) is 1.64. The number of hydrogen-bond acceptors (Lipinski definition) is 2. The average molecular weight is 378 g/mol. The molecule has 0 aliphatic carbocycles. The fraction of sp³-hybridized carbons (Fsp3) is 0.111. The van der Waals surface area contributed by atoms with Gasteiger partial charge in [0.25, 0.3) is 5.91 Å². The van der Waals surface area contributed by atoms with Crippen molar-refractivity contribution >= 4 is 34.8 Å². The number of aromatic nitrogens is 2. The number of anilines is 1. The third-order valence-corrected chi connectivity index (χ3v) is 4.42. The molecule has 0 saturated heterocycles. The Morgan fingerprint density at radius 1 is 1.20 bits per heavy atom. The molecular weight excluding hydrogens is 364 g/mol. The number of halogens is 3. The molecular formula is C18H14Cl2FN3O. The lowest BCUT2D eigenvalue weighted by molar-refractivity contribution is 0.102. The molecule has 0 atom stereocenters. The number of nitrogens with one attached hydrogen (secondary N) is 1. The lowest BCUT2D eigenvalue weighted by atomic mass is 10.0. The number of para-hydroxylation sites is 1. The second-order valence-corrected chi connectivity index (χ2v) is 6.24. The van der Waals surface area contributed by atoms with Gasteiger partial charge in [-0.3, -0.25) is 9.48 Å². The van der Waals surface area contributed by atoms with Crippen molar-refractivity contribution in [1.82, 2.24) is 9.78 Å². The predicted octanol–water partition coefficient (Wildman–Crippen LogP) is 5.12. The molecule has 1 N–H and O–H groups in total. The maximum Gasteiger partial charge on any atom is 0.259 e. The van der Waals surface area contributed by atoms with Gasteiger partial charge in [-0.1, -0.05) is 47.5 Å². The predicted molar refractivity (Wildman–Crippen MR) is 97.9 cm³/mol. The van der Waals surface area contributed by atoms with Crippen LogP contribution in [0.25, 0.3) is 11.1 Å². The average Bonchev–Trinajstić information content (AvgIpc) is 2.99. The summed E-state index contributed by atoms with van der Waals surface area (Å²) >= 11 is 12.0. The first-order chi connectivity index (χ1) is 12.0. The summed E-state index contributed by atoms with van der Waals surface area (Å²) in [6, 6.07) is 12.5. The Balaban J connectivity index is 1.96. The summed E-state index contributed by atoms with van der Waals surface area (Å²) in [5.74, 6) is -0.423. The highest BCUT2D eigenvalue weighted by molar-refractivity contribution is 6.42. The Morgan fingerprint density at radius 2 is 1.96 bits per heavy atom. The summed E-state index contributed by atoms with van der Waals surface area (Å²) in [6.45, 7) is -0.808. The fourth-order valence-corrected chi connectivity index (χ4v) is 2.82. The third kappa shape index (κ3) is 3.67. The van der Waals surface area contributed by atoms with Crippen LogP contribution in [0.4, 0.5) is 10.1 Å². The number of benzene rings is 2. The first-order valence-electron chi connectivity index (χ1n) is 7.44. The molecule has 0 spiro atoms. The van der Waals surface area contributed by atoms with Crippen LogP contribution in [0.15, 0.2) is 48.7 Å². The van der Waals surface area contributed by atoms with Crippen LogP contribution >= 0.6 is 23.2 Å². The summed E-state index contributed by atoms with van der Waals surface area (Å²) in [4.78, 5) is 12.5. The molecule has 0 fully saturated rings. The zero-order valence-corrected chi connectivity index (χ0v) is 14.8. The van der Waals surface area contributed by atoms with Gasteiger partial charge in [0.15, 0.2) is 0 Å². The van der Waals surface area contributed by atoms with E-state index in [1.54, 1.807) is 31.3 Å². The second-order valence-electron chi connectivity index (χ2n) is 5.43. The number of amides is 1. The van der Waals surface area contributed by atoms with E-state index >= 15 is 0 Å². The van der Waals surface area contributed by atoms with E-state index in [2.05, 4.69) is 10.4 Å². The van der Waals surface area contributed by atoms with Gasteiger partial charge < -0.3 is 5.32 Å². The van der Waals surface area contributed by atoms with E-state index in [-0.39, 0.29) is 11.3 Å². The van der Waals surface area contributed by atoms with Gasteiger partial charge in [0.1, 0.15) is 12.4 Å². The molecule has 3 rings (SSSR count). The van der Waals surface area contributed by atoms with Crippen molar-refractivity contribution < 1.29 is 9.18 Å². The maximum atomic E-state index is 13.0. The molecule has 0 aliphatic heterocycles. The van der Waals surface area contributed by atoms with E-state index in [0.717, 1.165) is 11.1 Å². The van der Waals surface area contributed by atoms with Gasteiger partial charge >= 0.3 is 0 Å². The van der Waals surface area contributed by atoms with Crippen molar-refractivity contribution in [2.75, 3.05) is 5.32 Å². The van der Waals surface area contributed by atoms with Gasteiger partial charge in [-0.15, -0.1) is 0 Å². The fourth-order valence-electron chi connectivity index (χ4n) is 2.52. The molecule has 1 aromatic heterocycles. The van der Waals surface area contributed by atoms with Crippen molar-refractivity contribution in [2.45, 2.75) is 6.67 Å². The van der Waals surface area contributed by atoms with E-state index in [1.807, 2.05) is 18.2 Å². The van der Waals surface area contributed by atoms with Gasteiger partial charge in [-0.05, 0) is 23.8 Å². The molecule has 128 valence electrons. The number of aryl methyl sites for hydroxylation is 1. The Labute approximate surface area is 154 Å². The van der Waals surface area contributed by atoms with Crippen LogP contribution in [-0.2, 0) is 13.7 Å². The molecule has 0 radical (unpaired) electrons. The molecule has 0 saturated carbocycles. The quantitative estimate of drug-likeness (QED) is 0.685. The lowest BCUT2D eigenvalue weighted by Gasteiger charge is -2.12. The molecule has 25 heavy (non-hydrogen) atoms.